The van der Waals surface area contributed by atoms with E-state index in [4.69, 9.17) is 30.6 Å². The second kappa shape index (κ2) is 13.1. The average molecular weight is 745 g/mol. The summed E-state index contributed by atoms with van der Waals surface area (Å²) in [5.41, 5.74) is 4.91. The number of halogens is 1. The van der Waals surface area contributed by atoms with Gasteiger partial charge in [-0.2, -0.15) is 15.1 Å². The number of aliphatic hydroxyl groups excluding tert-OH is 1. The maximum atomic E-state index is 15.8. The number of anilines is 1. The molecule has 284 valence electrons. The van der Waals surface area contributed by atoms with Gasteiger partial charge in [-0.25, -0.2) is 9.18 Å². The highest BCUT2D eigenvalue weighted by Crippen LogP contribution is 2.54. The molecule has 2 aromatic heterocycles. The van der Waals surface area contributed by atoms with E-state index in [1.165, 1.54) is 6.07 Å². The number of carbonyl (C=O) groups is 1. The Labute approximate surface area is 319 Å². The fourth-order valence-corrected chi connectivity index (χ4v) is 8.17. The Kier molecular flexibility index (Phi) is 8.42. The first kappa shape index (κ1) is 35.3. The number of H-pyrrole nitrogens is 1. The Morgan fingerprint density at radius 1 is 1.07 bits per heavy atom. The minimum atomic E-state index is -0.597. The van der Waals surface area contributed by atoms with Crippen molar-refractivity contribution in [3.05, 3.63) is 70.7 Å². The first-order chi connectivity index (χ1) is 26.4. The Morgan fingerprint density at radius 3 is 2.51 bits per heavy atom. The molecule has 55 heavy (non-hydrogen) atoms. The van der Waals surface area contributed by atoms with Gasteiger partial charge in [0.2, 0.25) is 0 Å². The minimum absolute atomic E-state index is 0.00482. The van der Waals surface area contributed by atoms with Crippen LogP contribution in [0.3, 0.4) is 0 Å². The number of fused-ring (bicyclic) bond motifs is 4. The smallest absolute Gasteiger partial charge is 0.410 e. The lowest BCUT2D eigenvalue weighted by molar-refractivity contribution is 0.0214. The number of aliphatic hydroxyl groups is 1. The molecule has 4 aliphatic rings. The van der Waals surface area contributed by atoms with Crippen LogP contribution in [-0.4, -0.2) is 80.3 Å². The van der Waals surface area contributed by atoms with E-state index in [0.29, 0.717) is 46.8 Å². The molecule has 9 rings (SSSR count). The van der Waals surface area contributed by atoms with Crippen molar-refractivity contribution in [1.82, 2.24) is 25.1 Å². The summed E-state index contributed by atoms with van der Waals surface area (Å²) in [6.07, 6.45) is 11.5. The molecule has 2 saturated heterocycles. The van der Waals surface area contributed by atoms with Crippen LogP contribution in [0.25, 0.3) is 32.9 Å². The molecule has 2 N–H and O–H groups in total. The summed E-state index contributed by atoms with van der Waals surface area (Å²) in [6, 6.07) is 11.4. The minimum Gasteiger partial charge on any atom is -0.486 e. The van der Waals surface area contributed by atoms with Crippen LogP contribution in [0.1, 0.15) is 81.0 Å². The number of aromatic nitrogens is 4. The topological polar surface area (TPSA) is 126 Å². The van der Waals surface area contributed by atoms with Crippen LogP contribution in [0.4, 0.5) is 15.0 Å². The number of likely N-dealkylation sites (tertiary alicyclic amines) is 1. The van der Waals surface area contributed by atoms with Gasteiger partial charge in [0.15, 0.2) is 5.75 Å². The third-order valence-corrected chi connectivity index (χ3v) is 11.6. The van der Waals surface area contributed by atoms with Gasteiger partial charge in [0.05, 0.1) is 37.0 Å². The Morgan fingerprint density at radius 2 is 1.85 bits per heavy atom. The Bertz CT molecular complexity index is 2370. The molecule has 0 spiro atoms. The van der Waals surface area contributed by atoms with Gasteiger partial charge < -0.3 is 29.1 Å². The number of amides is 1. The number of terminal acetylenes is 1. The molecule has 0 radical (unpaired) electrons. The number of hydrogen-bond donors (Lipinski definition) is 2. The van der Waals surface area contributed by atoms with E-state index in [1.54, 1.807) is 13.1 Å². The fourth-order valence-electron chi connectivity index (χ4n) is 8.17. The summed E-state index contributed by atoms with van der Waals surface area (Å²) in [7, 11) is 0. The number of hydrogen-bond acceptors (Lipinski definition) is 9. The highest BCUT2D eigenvalue weighted by molar-refractivity contribution is 6.06. The number of carbonyl (C=O) groups excluding carboxylic acids is 1. The Hall–Kier alpha value is -5.41. The van der Waals surface area contributed by atoms with Crippen molar-refractivity contribution < 1.29 is 28.5 Å². The van der Waals surface area contributed by atoms with Crippen LogP contribution < -0.4 is 14.4 Å². The highest BCUT2D eigenvalue weighted by atomic mass is 19.1. The molecule has 2 atom stereocenters. The number of nitrogens with one attached hydrogen (secondary N) is 1. The van der Waals surface area contributed by atoms with Gasteiger partial charge in [-0.1, -0.05) is 18.1 Å². The molecular weight excluding hydrogens is 700 g/mol. The van der Waals surface area contributed by atoms with E-state index < -0.39 is 5.60 Å². The van der Waals surface area contributed by atoms with E-state index in [9.17, 15) is 9.90 Å². The van der Waals surface area contributed by atoms with Gasteiger partial charge in [0.1, 0.15) is 29.4 Å². The van der Waals surface area contributed by atoms with Gasteiger partial charge in [0, 0.05) is 46.0 Å². The molecule has 1 amide bonds. The first-order valence-corrected chi connectivity index (χ1v) is 19.1. The lowest BCUT2D eigenvalue weighted by Crippen LogP contribution is -2.50. The maximum absolute atomic E-state index is 15.8. The molecule has 2 aliphatic heterocycles. The largest absolute Gasteiger partial charge is 0.486 e. The normalized spacial score (nSPS) is 19.9. The van der Waals surface area contributed by atoms with Crippen molar-refractivity contribution >= 4 is 33.7 Å². The summed E-state index contributed by atoms with van der Waals surface area (Å²) in [6.45, 7) is 8.98. The van der Waals surface area contributed by atoms with Crippen LogP contribution in [0, 0.1) is 30.5 Å². The summed E-state index contributed by atoms with van der Waals surface area (Å²) in [4.78, 5) is 27.5. The van der Waals surface area contributed by atoms with Crippen LogP contribution >= 0.6 is 0 Å². The molecule has 2 aliphatic carbocycles. The third-order valence-electron chi connectivity index (χ3n) is 11.6. The summed E-state index contributed by atoms with van der Waals surface area (Å²) < 4.78 is 34.9. The van der Waals surface area contributed by atoms with Crippen LogP contribution in [0.15, 0.2) is 42.6 Å². The van der Waals surface area contributed by atoms with Crippen LogP contribution in [0.5, 0.6) is 11.8 Å². The number of rotatable bonds is 10. The van der Waals surface area contributed by atoms with Crippen LogP contribution in [0.2, 0.25) is 0 Å². The summed E-state index contributed by atoms with van der Waals surface area (Å²) in [5.74, 6) is 3.75. The zero-order chi connectivity index (χ0) is 38.2. The lowest BCUT2D eigenvalue weighted by atomic mass is 9.88. The van der Waals surface area contributed by atoms with E-state index >= 15 is 4.39 Å². The molecular formula is C43H45FN6O5. The molecule has 5 aromatic rings. The lowest BCUT2D eigenvalue weighted by Gasteiger charge is -2.36. The van der Waals surface area contributed by atoms with Gasteiger partial charge in [0.25, 0.3) is 0 Å². The molecule has 4 heterocycles. The molecule has 12 heteroatoms. The van der Waals surface area contributed by atoms with Crippen molar-refractivity contribution in [2.75, 3.05) is 31.2 Å². The van der Waals surface area contributed by atoms with Crippen molar-refractivity contribution in [3.8, 4) is 35.2 Å². The molecule has 2 bridgehead atoms. The van der Waals surface area contributed by atoms with Crippen molar-refractivity contribution in [2.45, 2.75) is 90.0 Å². The van der Waals surface area contributed by atoms with Gasteiger partial charge in [-0.3, -0.25) is 5.10 Å². The second-order valence-electron chi connectivity index (χ2n) is 16.8. The molecule has 2 saturated carbocycles. The van der Waals surface area contributed by atoms with Crippen molar-refractivity contribution in [2.24, 2.45) is 5.41 Å². The molecule has 11 nitrogen and oxygen atoms in total. The van der Waals surface area contributed by atoms with Gasteiger partial charge in [-0.15, -0.1) is 6.42 Å². The number of nitrogens with zero attached hydrogens (tertiary/aromatic N) is 5. The zero-order valence-corrected chi connectivity index (χ0v) is 31.6. The number of benzene rings is 3. The average Bonchev–Trinajstić information content (AvgIpc) is 4.03. The highest BCUT2D eigenvalue weighted by Gasteiger charge is 2.48. The predicted molar refractivity (Wildman–Crippen MR) is 207 cm³/mol. The van der Waals surface area contributed by atoms with E-state index in [1.807, 2.05) is 49.9 Å². The second-order valence-corrected chi connectivity index (χ2v) is 16.8. The third kappa shape index (κ3) is 6.48. The zero-order valence-electron chi connectivity index (χ0n) is 31.6. The van der Waals surface area contributed by atoms with E-state index in [0.717, 1.165) is 65.1 Å². The maximum Gasteiger partial charge on any atom is 0.410 e. The monoisotopic (exact) mass is 744 g/mol. The molecule has 0 unspecified atom stereocenters. The SMILES string of the molecule is C#Cc1ccc(COc2c(-c3c(C)c(F)cc4[nH]ncc34)c(C3CC3)cc3c(N4C[C@@H]5C[C@H]4CN5C(=O)OC(C)(C)C)nc(OCC4(CO)CC4)nc23)cc1. The number of piperazine rings is 1. The number of ether oxygens (including phenoxy) is 3. The number of aromatic amines is 1. The van der Waals surface area contributed by atoms with Gasteiger partial charge >= 0.3 is 12.1 Å². The summed E-state index contributed by atoms with van der Waals surface area (Å²) >= 11 is 0. The van der Waals surface area contributed by atoms with Crippen LogP contribution in [-0.2, 0) is 11.3 Å². The predicted octanol–water partition coefficient (Wildman–Crippen LogP) is 7.41. The molecule has 4 fully saturated rings. The summed E-state index contributed by atoms with van der Waals surface area (Å²) in [5, 5.41) is 19.0. The van der Waals surface area contributed by atoms with Crippen molar-refractivity contribution in [1.29, 1.82) is 0 Å². The Balaban J connectivity index is 1.23. The van der Waals surface area contributed by atoms with Crippen molar-refractivity contribution in [3.63, 3.8) is 0 Å². The standard InChI is InChI=1S/C43H45FN6O5/c1-6-25-7-9-26(10-8-25)21-53-38-36(35-24(2)33(44)17-34-32(35)18-45-48-34)30(27-11-12-27)16-31-37(38)46-40(54-23-43(22-51)13-14-43)47-39(31)49-19-29-15-28(49)20-50(29)41(52)55-42(3,4)5/h1,7-10,16-18,27-29,51H,11-15,19-23H2,2-5H3,(H,45,48)/t28-,29-/m0/s1. The van der Waals surface area contributed by atoms with E-state index in [-0.39, 0.29) is 61.2 Å². The van der Waals surface area contributed by atoms with E-state index in [2.05, 4.69) is 27.1 Å². The molecule has 3 aromatic carbocycles. The first-order valence-electron chi connectivity index (χ1n) is 19.1. The van der Waals surface area contributed by atoms with Gasteiger partial charge in [-0.05, 0) is 107 Å². The fraction of sp³-hybridized carbons (Fsp3) is 0.442. The quantitative estimate of drug-likeness (QED) is 0.141.